The van der Waals surface area contributed by atoms with Crippen LogP contribution in [0, 0.1) is 23.2 Å². The molecule has 0 bridgehead atoms. The summed E-state index contributed by atoms with van der Waals surface area (Å²) in [6.45, 7) is 5.65. The minimum absolute atomic E-state index is 0.117. The summed E-state index contributed by atoms with van der Waals surface area (Å²) in [6, 6.07) is -1.18. The van der Waals surface area contributed by atoms with Crippen molar-refractivity contribution in [2.45, 2.75) is 44.9 Å². The molecule has 1 saturated carbocycles. The van der Waals surface area contributed by atoms with Crippen molar-refractivity contribution in [2.24, 2.45) is 28.9 Å². The quantitative estimate of drug-likeness (QED) is 0.385. The van der Waals surface area contributed by atoms with Crippen LogP contribution in [-0.4, -0.2) is 54.1 Å². The highest BCUT2D eigenvalue weighted by Gasteiger charge is 2.65. The van der Waals surface area contributed by atoms with E-state index in [0.29, 0.717) is 18.9 Å². The summed E-state index contributed by atoms with van der Waals surface area (Å²) in [5, 5.41) is 18.7. The average Bonchev–Trinajstić information content (AvgIpc) is 2.93. The van der Waals surface area contributed by atoms with Gasteiger partial charge in [0.25, 0.3) is 0 Å². The van der Waals surface area contributed by atoms with Crippen LogP contribution >= 0.6 is 0 Å². The Labute approximate surface area is 140 Å². The van der Waals surface area contributed by atoms with Gasteiger partial charge in [-0.25, -0.2) is 0 Å². The van der Waals surface area contributed by atoms with Gasteiger partial charge in [-0.1, -0.05) is 13.8 Å². The van der Waals surface area contributed by atoms with Crippen molar-refractivity contribution in [3.05, 3.63) is 0 Å². The van der Waals surface area contributed by atoms with Gasteiger partial charge in [-0.05, 0) is 36.6 Å². The zero-order chi connectivity index (χ0) is 17.6. The zero-order valence-corrected chi connectivity index (χ0v) is 14.0. The largest absolute Gasteiger partial charge is 0.381 e. The number of amides is 3. The third-order valence-electron chi connectivity index (χ3n) is 6.04. The first-order chi connectivity index (χ1) is 11.2. The molecule has 1 aliphatic carbocycles. The molecular weight excluding hydrogens is 312 g/mol. The summed E-state index contributed by atoms with van der Waals surface area (Å²) < 4.78 is 0. The van der Waals surface area contributed by atoms with E-state index in [9.17, 15) is 19.5 Å². The maximum atomic E-state index is 12.6. The van der Waals surface area contributed by atoms with Crippen molar-refractivity contribution in [3.63, 3.8) is 0 Å². The van der Waals surface area contributed by atoms with Crippen LogP contribution in [0.1, 0.15) is 26.7 Å². The van der Waals surface area contributed by atoms with Gasteiger partial charge in [0.1, 0.15) is 0 Å². The molecule has 2 heterocycles. The second-order valence-corrected chi connectivity index (χ2v) is 7.81. The van der Waals surface area contributed by atoms with Gasteiger partial charge in [-0.15, -0.1) is 0 Å². The first kappa shape index (κ1) is 17.2. The van der Waals surface area contributed by atoms with Gasteiger partial charge in [0, 0.05) is 12.5 Å². The van der Waals surface area contributed by atoms with Crippen molar-refractivity contribution in [1.29, 1.82) is 0 Å². The highest BCUT2D eigenvalue weighted by molar-refractivity contribution is 5.86. The second-order valence-electron chi connectivity index (χ2n) is 7.81. The van der Waals surface area contributed by atoms with Crippen LogP contribution < -0.4 is 21.7 Å². The molecule has 6 atom stereocenters. The average molecular weight is 338 g/mol. The molecule has 6 unspecified atom stereocenters. The smallest absolute Gasteiger partial charge is 0.248 e. The molecule has 24 heavy (non-hydrogen) atoms. The SMILES string of the molecule is CC1(C)C2CNC(C(=O)NC(CC3CCNC3=O)C(O)C(N)=O)C21. The maximum absolute atomic E-state index is 12.6. The molecule has 0 aromatic carbocycles. The van der Waals surface area contributed by atoms with Gasteiger partial charge in [0.05, 0.1) is 12.1 Å². The van der Waals surface area contributed by atoms with E-state index in [1.54, 1.807) is 0 Å². The summed E-state index contributed by atoms with van der Waals surface area (Å²) in [5.74, 6) is -0.842. The normalized spacial score (nSPS) is 35.7. The molecule has 3 fully saturated rings. The molecule has 0 radical (unpaired) electrons. The zero-order valence-electron chi connectivity index (χ0n) is 14.0. The summed E-state index contributed by atoms with van der Waals surface area (Å²) >= 11 is 0. The van der Waals surface area contributed by atoms with E-state index in [0.717, 1.165) is 6.54 Å². The topological polar surface area (TPSA) is 134 Å². The highest BCUT2D eigenvalue weighted by Crippen LogP contribution is 2.62. The number of aliphatic hydroxyl groups is 1. The third kappa shape index (κ3) is 2.88. The summed E-state index contributed by atoms with van der Waals surface area (Å²) in [7, 11) is 0. The van der Waals surface area contributed by atoms with Crippen LogP contribution in [0.2, 0.25) is 0 Å². The van der Waals surface area contributed by atoms with Crippen molar-refractivity contribution in [1.82, 2.24) is 16.0 Å². The summed E-state index contributed by atoms with van der Waals surface area (Å²) in [6.07, 6.45) is -0.686. The second kappa shape index (κ2) is 6.00. The van der Waals surface area contributed by atoms with Crippen LogP contribution in [0.4, 0.5) is 0 Å². The van der Waals surface area contributed by atoms with E-state index >= 15 is 0 Å². The Hall–Kier alpha value is -1.67. The fraction of sp³-hybridized carbons (Fsp3) is 0.812. The molecule has 2 aliphatic heterocycles. The molecule has 3 aliphatic rings. The van der Waals surface area contributed by atoms with E-state index < -0.39 is 18.1 Å². The lowest BCUT2D eigenvalue weighted by molar-refractivity contribution is -0.132. The lowest BCUT2D eigenvalue weighted by Gasteiger charge is -2.27. The predicted molar refractivity (Wildman–Crippen MR) is 85.4 cm³/mol. The van der Waals surface area contributed by atoms with Gasteiger partial charge in [0.2, 0.25) is 17.7 Å². The monoisotopic (exact) mass is 338 g/mol. The Morgan fingerprint density at radius 1 is 1.46 bits per heavy atom. The molecule has 8 heteroatoms. The Morgan fingerprint density at radius 3 is 2.67 bits per heavy atom. The van der Waals surface area contributed by atoms with Crippen molar-refractivity contribution in [2.75, 3.05) is 13.1 Å². The third-order valence-corrected chi connectivity index (χ3v) is 6.04. The fourth-order valence-electron chi connectivity index (χ4n) is 4.39. The number of hydrogen-bond acceptors (Lipinski definition) is 5. The van der Waals surface area contributed by atoms with Gasteiger partial charge in [0.15, 0.2) is 6.10 Å². The maximum Gasteiger partial charge on any atom is 0.248 e. The number of nitrogens with one attached hydrogen (secondary N) is 3. The van der Waals surface area contributed by atoms with Crippen LogP contribution in [0.3, 0.4) is 0 Å². The number of carbonyl (C=O) groups is 3. The molecule has 0 aromatic rings. The Balaban J connectivity index is 1.66. The van der Waals surface area contributed by atoms with Crippen molar-refractivity contribution in [3.8, 4) is 0 Å². The highest BCUT2D eigenvalue weighted by atomic mass is 16.3. The molecule has 6 N–H and O–H groups in total. The number of piperidine rings is 1. The van der Waals surface area contributed by atoms with Crippen LogP contribution in [0.25, 0.3) is 0 Å². The molecule has 3 rings (SSSR count). The number of fused-ring (bicyclic) bond motifs is 1. The van der Waals surface area contributed by atoms with Gasteiger partial charge in [-0.3, -0.25) is 14.4 Å². The standard InChI is InChI=1S/C16H26N4O4/c1-16(2)8-6-19-11(10(8)16)15(24)20-9(12(21)13(17)22)5-7-3-4-18-14(7)23/h7-12,19,21H,3-6H2,1-2H3,(H2,17,22)(H,18,23)(H,20,24). The Kier molecular flexibility index (Phi) is 4.29. The summed E-state index contributed by atoms with van der Waals surface area (Å²) in [5.41, 5.74) is 5.33. The van der Waals surface area contributed by atoms with Gasteiger partial charge < -0.3 is 26.8 Å². The molecule has 0 aromatic heterocycles. The first-order valence-electron chi connectivity index (χ1n) is 8.52. The predicted octanol–water partition coefficient (Wildman–Crippen LogP) is -1.91. The number of primary amides is 1. The summed E-state index contributed by atoms with van der Waals surface area (Å²) in [4.78, 5) is 35.8. The van der Waals surface area contributed by atoms with E-state index in [2.05, 4.69) is 29.8 Å². The number of rotatable bonds is 6. The molecule has 3 amide bonds. The molecule has 134 valence electrons. The minimum atomic E-state index is -1.51. The van der Waals surface area contributed by atoms with Crippen molar-refractivity contribution >= 4 is 17.7 Å². The van der Waals surface area contributed by atoms with Crippen LogP contribution in [0.15, 0.2) is 0 Å². The number of hydrogen-bond donors (Lipinski definition) is 5. The number of aliphatic hydroxyl groups excluding tert-OH is 1. The lowest BCUT2D eigenvalue weighted by Crippen LogP contribution is -2.55. The van der Waals surface area contributed by atoms with Crippen LogP contribution in [0.5, 0.6) is 0 Å². The molecular formula is C16H26N4O4. The fourth-order valence-corrected chi connectivity index (χ4v) is 4.39. The van der Waals surface area contributed by atoms with E-state index in [-0.39, 0.29) is 41.5 Å². The van der Waals surface area contributed by atoms with E-state index in [1.807, 2.05) is 0 Å². The first-order valence-corrected chi connectivity index (χ1v) is 8.52. The van der Waals surface area contributed by atoms with E-state index in [4.69, 9.17) is 5.73 Å². The molecule has 2 saturated heterocycles. The van der Waals surface area contributed by atoms with Gasteiger partial charge >= 0.3 is 0 Å². The molecule has 8 nitrogen and oxygen atoms in total. The van der Waals surface area contributed by atoms with Gasteiger partial charge in [-0.2, -0.15) is 0 Å². The Morgan fingerprint density at radius 2 is 2.17 bits per heavy atom. The lowest BCUT2D eigenvalue weighted by atomic mass is 9.94. The minimum Gasteiger partial charge on any atom is -0.381 e. The number of nitrogens with two attached hydrogens (primary N) is 1. The Bertz CT molecular complexity index is 564. The van der Waals surface area contributed by atoms with Crippen LogP contribution in [-0.2, 0) is 14.4 Å². The molecule has 0 spiro atoms. The van der Waals surface area contributed by atoms with E-state index in [1.165, 1.54) is 0 Å². The number of carbonyl (C=O) groups excluding carboxylic acids is 3. The van der Waals surface area contributed by atoms with Crippen molar-refractivity contribution < 1.29 is 19.5 Å².